The molecule has 1 aromatic rings. The van der Waals surface area contributed by atoms with Gasteiger partial charge in [0.05, 0.1) is 0 Å². The number of amides is 1. The number of carbonyl (C=O) groups excluding carboxylic acids is 2. The van der Waals surface area contributed by atoms with Gasteiger partial charge in [-0.3, -0.25) is 4.79 Å². The van der Waals surface area contributed by atoms with Gasteiger partial charge in [-0.1, -0.05) is 32.8 Å². The highest BCUT2D eigenvalue weighted by molar-refractivity contribution is 5.81. The van der Waals surface area contributed by atoms with E-state index in [1.165, 1.54) is 6.42 Å². The molecule has 1 N–H and O–H groups in total. The fourth-order valence-electron chi connectivity index (χ4n) is 3.38. The van der Waals surface area contributed by atoms with Gasteiger partial charge in [0.1, 0.15) is 5.75 Å². The molecule has 0 aromatic heterocycles. The Balaban J connectivity index is 1.71. The first-order chi connectivity index (χ1) is 11.8. The van der Waals surface area contributed by atoms with Gasteiger partial charge < -0.3 is 14.8 Å². The molecule has 138 valence electrons. The van der Waals surface area contributed by atoms with Gasteiger partial charge >= 0.3 is 5.97 Å². The molecule has 0 spiro atoms. The molecule has 1 amide bonds. The van der Waals surface area contributed by atoms with Crippen molar-refractivity contribution in [1.29, 1.82) is 0 Å². The number of benzene rings is 1. The number of hydrogen-bond acceptors (Lipinski definition) is 4. The summed E-state index contributed by atoms with van der Waals surface area (Å²) in [6.07, 6.45) is 3.32. The Labute approximate surface area is 150 Å². The minimum absolute atomic E-state index is 0.168. The number of ether oxygens (including phenoxy) is 2. The third-order valence-electron chi connectivity index (χ3n) is 4.97. The number of hydrogen-bond donors (Lipinski definition) is 1. The van der Waals surface area contributed by atoms with Crippen molar-refractivity contribution in [3.05, 3.63) is 29.3 Å². The molecule has 5 heteroatoms. The summed E-state index contributed by atoms with van der Waals surface area (Å²) in [6.45, 7) is 7.86. The third-order valence-corrected chi connectivity index (χ3v) is 4.97. The van der Waals surface area contributed by atoms with E-state index in [0.717, 1.165) is 24.0 Å². The molecule has 0 bridgehead atoms. The lowest BCUT2D eigenvalue weighted by atomic mass is 9.78. The normalized spacial score (nSPS) is 23.0. The second kappa shape index (κ2) is 8.88. The monoisotopic (exact) mass is 347 g/mol. The molecule has 2 rings (SSSR count). The minimum atomic E-state index is -0.542. The summed E-state index contributed by atoms with van der Waals surface area (Å²) in [4.78, 5) is 23.8. The van der Waals surface area contributed by atoms with E-state index < -0.39 is 5.97 Å². The summed E-state index contributed by atoms with van der Waals surface area (Å²) in [5.74, 6) is 0.892. The second-order valence-electron chi connectivity index (χ2n) is 7.21. The molecule has 1 aromatic carbocycles. The summed E-state index contributed by atoms with van der Waals surface area (Å²) in [5.41, 5.74) is 2.14. The molecule has 1 aliphatic rings. The van der Waals surface area contributed by atoms with Crippen molar-refractivity contribution < 1.29 is 19.1 Å². The minimum Gasteiger partial charge on any atom is -0.482 e. The highest BCUT2D eigenvalue weighted by atomic mass is 16.6. The average molecular weight is 347 g/mol. The maximum Gasteiger partial charge on any atom is 0.344 e. The van der Waals surface area contributed by atoms with Crippen LogP contribution in [-0.2, 0) is 14.3 Å². The molecule has 0 aliphatic heterocycles. The van der Waals surface area contributed by atoms with Crippen LogP contribution in [0.2, 0.25) is 0 Å². The van der Waals surface area contributed by atoms with Crippen LogP contribution < -0.4 is 10.1 Å². The molecule has 0 heterocycles. The maximum absolute atomic E-state index is 12.0. The Morgan fingerprint density at radius 2 is 1.76 bits per heavy atom. The van der Waals surface area contributed by atoms with Crippen molar-refractivity contribution in [2.24, 2.45) is 11.8 Å². The lowest BCUT2D eigenvalue weighted by Crippen LogP contribution is -2.45. The first-order valence-corrected chi connectivity index (χ1v) is 9.01. The Bertz CT molecular complexity index is 593. The number of carbonyl (C=O) groups is 2. The van der Waals surface area contributed by atoms with E-state index in [1.54, 1.807) is 0 Å². The second-order valence-corrected chi connectivity index (χ2v) is 7.21. The molecule has 0 saturated heterocycles. The van der Waals surface area contributed by atoms with Crippen LogP contribution in [0, 0.1) is 25.7 Å². The fourth-order valence-corrected chi connectivity index (χ4v) is 3.38. The third kappa shape index (κ3) is 6.07. The topological polar surface area (TPSA) is 64.6 Å². The smallest absolute Gasteiger partial charge is 0.344 e. The Morgan fingerprint density at radius 3 is 2.44 bits per heavy atom. The molecular formula is C20H29NO4. The van der Waals surface area contributed by atoms with Crippen LogP contribution >= 0.6 is 0 Å². The SMILES string of the molecule is Cc1cc(C)cc(OCC(=O)OCC(=O)N[C@H]2CCC[C@@H](C)[C@@H]2C)c1. The molecule has 0 unspecified atom stereocenters. The van der Waals surface area contributed by atoms with E-state index in [-0.39, 0.29) is 25.2 Å². The molecule has 1 fully saturated rings. The molecule has 0 radical (unpaired) electrons. The highest BCUT2D eigenvalue weighted by Crippen LogP contribution is 2.29. The van der Waals surface area contributed by atoms with Crippen LogP contribution in [-0.4, -0.2) is 31.1 Å². The van der Waals surface area contributed by atoms with E-state index in [0.29, 0.717) is 17.6 Å². The molecular weight excluding hydrogens is 318 g/mol. The summed E-state index contributed by atoms with van der Waals surface area (Å²) in [7, 11) is 0. The zero-order chi connectivity index (χ0) is 18.4. The van der Waals surface area contributed by atoms with Crippen molar-refractivity contribution in [3.8, 4) is 5.75 Å². The zero-order valence-corrected chi connectivity index (χ0v) is 15.6. The summed E-state index contributed by atoms with van der Waals surface area (Å²) in [5, 5.41) is 2.99. The van der Waals surface area contributed by atoms with Gasteiger partial charge in [-0.15, -0.1) is 0 Å². The molecule has 3 atom stereocenters. The van der Waals surface area contributed by atoms with Gasteiger partial charge in [0, 0.05) is 6.04 Å². The van der Waals surface area contributed by atoms with Crippen LogP contribution in [0.1, 0.15) is 44.2 Å². The van der Waals surface area contributed by atoms with Gasteiger partial charge in [0.2, 0.25) is 0 Å². The largest absolute Gasteiger partial charge is 0.482 e. The quantitative estimate of drug-likeness (QED) is 0.803. The summed E-state index contributed by atoms with van der Waals surface area (Å²) >= 11 is 0. The Kier molecular flexibility index (Phi) is 6.85. The van der Waals surface area contributed by atoms with E-state index in [2.05, 4.69) is 19.2 Å². The van der Waals surface area contributed by atoms with E-state index in [4.69, 9.17) is 9.47 Å². The molecule has 1 saturated carbocycles. The highest BCUT2D eigenvalue weighted by Gasteiger charge is 2.28. The summed E-state index contributed by atoms with van der Waals surface area (Å²) in [6, 6.07) is 5.92. The summed E-state index contributed by atoms with van der Waals surface area (Å²) < 4.78 is 10.5. The van der Waals surface area contributed by atoms with E-state index in [1.807, 2.05) is 32.0 Å². The van der Waals surface area contributed by atoms with Crippen LogP contribution in [0.3, 0.4) is 0 Å². The maximum atomic E-state index is 12.0. The standard InChI is InChI=1S/C20H29NO4/c1-13-8-14(2)10-17(9-13)24-12-20(23)25-11-19(22)21-18-7-5-6-15(3)16(18)4/h8-10,15-16,18H,5-7,11-12H2,1-4H3,(H,21,22)/t15-,16+,18+/m1/s1. The molecule has 1 aliphatic carbocycles. The van der Waals surface area contributed by atoms with Gasteiger partial charge in [-0.2, -0.15) is 0 Å². The van der Waals surface area contributed by atoms with Gasteiger partial charge in [0.25, 0.3) is 5.91 Å². The van der Waals surface area contributed by atoms with Crippen LogP contribution in [0.5, 0.6) is 5.75 Å². The predicted octanol–water partition coefficient (Wildman–Crippen LogP) is 3.17. The van der Waals surface area contributed by atoms with Crippen molar-refractivity contribution in [2.45, 2.75) is 53.0 Å². The van der Waals surface area contributed by atoms with E-state index in [9.17, 15) is 9.59 Å². The van der Waals surface area contributed by atoms with Gasteiger partial charge in [-0.05, 0) is 55.4 Å². The van der Waals surface area contributed by atoms with Crippen LogP contribution in [0.4, 0.5) is 0 Å². The predicted molar refractivity (Wildman–Crippen MR) is 96.5 cm³/mol. The molecule has 5 nitrogen and oxygen atoms in total. The molecule has 25 heavy (non-hydrogen) atoms. The zero-order valence-electron chi connectivity index (χ0n) is 15.6. The van der Waals surface area contributed by atoms with Crippen LogP contribution in [0.15, 0.2) is 18.2 Å². The first kappa shape index (κ1) is 19.3. The average Bonchev–Trinajstić information content (AvgIpc) is 2.54. The Morgan fingerprint density at radius 1 is 1.08 bits per heavy atom. The van der Waals surface area contributed by atoms with Crippen molar-refractivity contribution in [1.82, 2.24) is 5.32 Å². The van der Waals surface area contributed by atoms with Crippen molar-refractivity contribution in [3.63, 3.8) is 0 Å². The Hall–Kier alpha value is -2.04. The van der Waals surface area contributed by atoms with Gasteiger partial charge in [-0.25, -0.2) is 4.79 Å². The lowest BCUT2D eigenvalue weighted by molar-refractivity contribution is -0.150. The van der Waals surface area contributed by atoms with Gasteiger partial charge in [0.15, 0.2) is 13.2 Å². The number of nitrogens with one attached hydrogen (secondary N) is 1. The number of rotatable bonds is 6. The fraction of sp³-hybridized carbons (Fsp3) is 0.600. The van der Waals surface area contributed by atoms with E-state index >= 15 is 0 Å². The van der Waals surface area contributed by atoms with Crippen molar-refractivity contribution in [2.75, 3.05) is 13.2 Å². The lowest BCUT2D eigenvalue weighted by Gasteiger charge is -2.34. The number of esters is 1. The number of aryl methyl sites for hydroxylation is 2. The first-order valence-electron chi connectivity index (χ1n) is 9.01. The van der Waals surface area contributed by atoms with Crippen molar-refractivity contribution >= 4 is 11.9 Å². The van der Waals surface area contributed by atoms with Crippen LogP contribution in [0.25, 0.3) is 0 Å².